The van der Waals surface area contributed by atoms with E-state index in [0.717, 1.165) is 24.1 Å². The highest BCUT2D eigenvalue weighted by Crippen LogP contribution is 2.28. The zero-order valence-electron chi connectivity index (χ0n) is 14.7. The van der Waals surface area contributed by atoms with Crippen molar-refractivity contribution in [2.45, 2.75) is 59.0 Å². The molecule has 5 heteroatoms. The summed E-state index contributed by atoms with van der Waals surface area (Å²) in [7, 11) is 0. The van der Waals surface area contributed by atoms with E-state index in [4.69, 9.17) is 4.74 Å². The molecule has 0 radical (unpaired) electrons. The smallest absolute Gasteiger partial charge is 0.413 e. The number of carbonyl (C=O) groups is 1. The molecule has 1 aliphatic carbocycles. The number of amides is 1. The summed E-state index contributed by atoms with van der Waals surface area (Å²) in [6, 6.07) is 3.72. The summed E-state index contributed by atoms with van der Waals surface area (Å²) in [6.07, 6.45) is 6.55. The Hall–Kier alpha value is -1.78. The minimum Gasteiger partial charge on any atom is -0.444 e. The van der Waals surface area contributed by atoms with E-state index in [-0.39, 0.29) is 0 Å². The van der Waals surface area contributed by atoms with Gasteiger partial charge in [0.1, 0.15) is 11.4 Å². The summed E-state index contributed by atoms with van der Waals surface area (Å²) in [5, 5.41) is 6.08. The molecular weight excluding hydrogens is 290 g/mol. The maximum absolute atomic E-state index is 11.7. The molecule has 23 heavy (non-hydrogen) atoms. The summed E-state index contributed by atoms with van der Waals surface area (Å²) in [4.78, 5) is 15.9. The van der Waals surface area contributed by atoms with Crippen LogP contribution in [0.25, 0.3) is 0 Å². The summed E-state index contributed by atoms with van der Waals surface area (Å²) in [5.41, 5.74) is 0.474. The SMILES string of the molecule is CC1CCC(CNc2ccc(NC(=O)OC(C)(C)C)nc2)CC1. The van der Waals surface area contributed by atoms with Gasteiger partial charge in [-0.2, -0.15) is 0 Å². The van der Waals surface area contributed by atoms with E-state index in [9.17, 15) is 4.79 Å². The summed E-state index contributed by atoms with van der Waals surface area (Å²) >= 11 is 0. The highest BCUT2D eigenvalue weighted by Gasteiger charge is 2.18. The predicted molar refractivity (Wildman–Crippen MR) is 93.7 cm³/mol. The lowest BCUT2D eigenvalue weighted by molar-refractivity contribution is 0.0635. The number of pyridine rings is 1. The van der Waals surface area contributed by atoms with E-state index in [1.54, 1.807) is 12.3 Å². The molecule has 2 N–H and O–H groups in total. The van der Waals surface area contributed by atoms with Crippen molar-refractivity contribution in [3.63, 3.8) is 0 Å². The van der Waals surface area contributed by atoms with Gasteiger partial charge in [0.25, 0.3) is 0 Å². The first kappa shape index (κ1) is 17.6. The number of hydrogen-bond donors (Lipinski definition) is 2. The van der Waals surface area contributed by atoms with Crippen LogP contribution in [0.2, 0.25) is 0 Å². The lowest BCUT2D eigenvalue weighted by Crippen LogP contribution is -2.27. The third-order valence-electron chi connectivity index (χ3n) is 4.12. The van der Waals surface area contributed by atoms with Gasteiger partial charge < -0.3 is 10.1 Å². The van der Waals surface area contributed by atoms with Crippen LogP contribution in [0.1, 0.15) is 53.4 Å². The molecule has 1 aromatic heterocycles. The zero-order chi connectivity index (χ0) is 16.9. The van der Waals surface area contributed by atoms with E-state index in [1.807, 2.05) is 26.8 Å². The summed E-state index contributed by atoms with van der Waals surface area (Å²) < 4.78 is 5.20. The second-order valence-corrected chi connectivity index (χ2v) is 7.57. The molecule has 0 spiro atoms. The van der Waals surface area contributed by atoms with Crippen molar-refractivity contribution in [3.8, 4) is 0 Å². The van der Waals surface area contributed by atoms with Crippen LogP contribution in [0.15, 0.2) is 18.3 Å². The zero-order valence-corrected chi connectivity index (χ0v) is 14.7. The first-order valence-electron chi connectivity index (χ1n) is 8.52. The molecule has 1 heterocycles. The van der Waals surface area contributed by atoms with Gasteiger partial charge in [0.15, 0.2) is 0 Å². The quantitative estimate of drug-likeness (QED) is 0.846. The number of carbonyl (C=O) groups excluding carboxylic acids is 1. The molecule has 0 bridgehead atoms. The predicted octanol–water partition coefficient (Wildman–Crippen LogP) is 4.67. The van der Waals surface area contributed by atoms with Gasteiger partial charge in [0.05, 0.1) is 11.9 Å². The third kappa shape index (κ3) is 6.47. The van der Waals surface area contributed by atoms with Crippen LogP contribution in [-0.4, -0.2) is 23.2 Å². The normalized spacial score (nSPS) is 21.6. The molecule has 0 atom stereocenters. The molecule has 1 fully saturated rings. The third-order valence-corrected chi connectivity index (χ3v) is 4.12. The Balaban J connectivity index is 1.77. The highest BCUT2D eigenvalue weighted by atomic mass is 16.6. The van der Waals surface area contributed by atoms with E-state index >= 15 is 0 Å². The van der Waals surface area contributed by atoms with E-state index < -0.39 is 11.7 Å². The Bertz CT molecular complexity index is 500. The van der Waals surface area contributed by atoms with Crippen LogP contribution in [0, 0.1) is 11.8 Å². The maximum Gasteiger partial charge on any atom is 0.413 e. The van der Waals surface area contributed by atoms with Crippen LogP contribution < -0.4 is 10.6 Å². The Morgan fingerprint density at radius 3 is 2.52 bits per heavy atom. The average Bonchev–Trinajstić information content (AvgIpc) is 2.46. The van der Waals surface area contributed by atoms with Crippen LogP contribution in [0.5, 0.6) is 0 Å². The van der Waals surface area contributed by atoms with Gasteiger partial charge in [0.2, 0.25) is 0 Å². The van der Waals surface area contributed by atoms with Gasteiger partial charge >= 0.3 is 6.09 Å². The highest BCUT2D eigenvalue weighted by molar-refractivity contribution is 5.83. The van der Waals surface area contributed by atoms with E-state index in [0.29, 0.717) is 5.82 Å². The molecule has 0 aromatic carbocycles. The number of ether oxygens (including phenoxy) is 1. The van der Waals surface area contributed by atoms with Crippen molar-refractivity contribution >= 4 is 17.6 Å². The van der Waals surface area contributed by atoms with Crippen LogP contribution in [0.3, 0.4) is 0 Å². The molecule has 1 saturated carbocycles. The maximum atomic E-state index is 11.7. The van der Waals surface area contributed by atoms with Gasteiger partial charge in [-0.15, -0.1) is 0 Å². The van der Waals surface area contributed by atoms with Gasteiger partial charge in [0, 0.05) is 6.54 Å². The topological polar surface area (TPSA) is 63.2 Å². The number of hydrogen-bond acceptors (Lipinski definition) is 4. The van der Waals surface area contributed by atoms with Gasteiger partial charge in [-0.3, -0.25) is 5.32 Å². The number of rotatable bonds is 4. The lowest BCUT2D eigenvalue weighted by Gasteiger charge is -2.26. The van der Waals surface area contributed by atoms with Crippen molar-refractivity contribution < 1.29 is 9.53 Å². The van der Waals surface area contributed by atoms with Gasteiger partial charge in [-0.1, -0.05) is 19.8 Å². The van der Waals surface area contributed by atoms with Crippen molar-refractivity contribution in [1.29, 1.82) is 0 Å². The molecule has 0 saturated heterocycles. The second kappa shape index (κ2) is 7.66. The molecule has 5 nitrogen and oxygen atoms in total. The minimum absolute atomic E-state index is 0.484. The van der Waals surface area contributed by atoms with Crippen LogP contribution in [0.4, 0.5) is 16.3 Å². The fraction of sp³-hybridized carbons (Fsp3) is 0.667. The van der Waals surface area contributed by atoms with Crippen LogP contribution in [-0.2, 0) is 4.74 Å². The molecule has 0 aliphatic heterocycles. The molecule has 0 unspecified atom stereocenters. The van der Waals surface area contributed by atoms with Crippen molar-refractivity contribution in [3.05, 3.63) is 18.3 Å². The molecule has 1 aliphatic rings. The Kier molecular flexibility index (Phi) is 5.85. The summed E-state index contributed by atoms with van der Waals surface area (Å²) in [6.45, 7) is 8.83. The Labute approximate surface area is 139 Å². The minimum atomic E-state index is -0.511. The number of anilines is 2. The van der Waals surface area contributed by atoms with E-state index in [1.165, 1.54) is 25.7 Å². The standard InChI is InChI=1S/C18H29N3O2/c1-13-5-7-14(8-6-13)11-19-15-9-10-16(20-12-15)21-17(22)23-18(2,3)4/h9-10,12-14,19H,5-8,11H2,1-4H3,(H,20,21,22). The van der Waals surface area contributed by atoms with Gasteiger partial charge in [-0.05, 0) is 57.6 Å². The lowest BCUT2D eigenvalue weighted by atomic mass is 9.83. The molecule has 2 rings (SSSR count). The summed E-state index contributed by atoms with van der Waals surface area (Å²) in [5.74, 6) is 2.13. The molecule has 1 amide bonds. The Morgan fingerprint density at radius 2 is 1.96 bits per heavy atom. The van der Waals surface area contributed by atoms with Crippen LogP contribution >= 0.6 is 0 Å². The first-order valence-corrected chi connectivity index (χ1v) is 8.52. The number of nitrogens with zero attached hydrogens (tertiary/aromatic N) is 1. The molecule has 128 valence electrons. The Morgan fingerprint density at radius 1 is 1.26 bits per heavy atom. The average molecular weight is 319 g/mol. The monoisotopic (exact) mass is 319 g/mol. The fourth-order valence-corrected chi connectivity index (χ4v) is 2.78. The largest absolute Gasteiger partial charge is 0.444 e. The molecule has 1 aromatic rings. The second-order valence-electron chi connectivity index (χ2n) is 7.57. The van der Waals surface area contributed by atoms with Gasteiger partial charge in [-0.25, -0.2) is 9.78 Å². The van der Waals surface area contributed by atoms with E-state index in [2.05, 4.69) is 22.5 Å². The molecular formula is C18H29N3O2. The van der Waals surface area contributed by atoms with Crippen molar-refractivity contribution in [1.82, 2.24) is 4.98 Å². The van der Waals surface area contributed by atoms with Crippen molar-refractivity contribution in [2.75, 3.05) is 17.2 Å². The first-order chi connectivity index (χ1) is 10.8. The number of nitrogens with one attached hydrogen (secondary N) is 2. The fourth-order valence-electron chi connectivity index (χ4n) is 2.78. The van der Waals surface area contributed by atoms with Crippen molar-refractivity contribution in [2.24, 2.45) is 11.8 Å². The number of aromatic nitrogens is 1.